The molecule has 0 saturated carbocycles. The van der Waals surface area contributed by atoms with Crippen molar-refractivity contribution in [3.8, 4) is 5.75 Å². The number of para-hydroxylation sites is 1. The molecule has 0 atom stereocenters. The molecule has 2 N–H and O–H groups in total. The number of hydrogen-bond acceptors (Lipinski definition) is 7. The first-order valence-corrected chi connectivity index (χ1v) is 10.7. The molecule has 1 heterocycles. The molecule has 9 heteroatoms. The van der Waals surface area contributed by atoms with Gasteiger partial charge in [-0.05, 0) is 36.8 Å². The van der Waals surface area contributed by atoms with E-state index in [2.05, 4.69) is 20.8 Å². The molecule has 0 radical (unpaired) electrons. The number of anilines is 2. The van der Waals surface area contributed by atoms with E-state index in [1.54, 1.807) is 0 Å². The predicted octanol–water partition coefficient (Wildman–Crippen LogP) is 4.53. The Morgan fingerprint density at radius 3 is 2.82 bits per heavy atom. The van der Waals surface area contributed by atoms with E-state index in [0.29, 0.717) is 23.3 Å². The lowest BCUT2D eigenvalue weighted by Gasteiger charge is -2.07. The molecule has 1 aromatic heterocycles. The molecule has 0 aliphatic heterocycles. The highest BCUT2D eigenvalue weighted by molar-refractivity contribution is 8.01. The van der Waals surface area contributed by atoms with E-state index >= 15 is 0 Å². The van der Waals surface area contributed by atoms with Gasteiger partial charge >= 0.3 is 0 Å². The van der Waals surface area contributed by atoms with Crippen molar-refractivity contribution < 1.29 is 9.53 Å². The molecule has 0 aliphatic carbocycles. The first-order chi connectivity index (χ1) is 13.6. The molecule has 28 heavy (non-hydrogen) atoms. The maximum atomic E-state index is 11.9. The SMILES string of the molecule is Cc1c(Cl)cccc1Nc1nnc(SCC(=O)NCCOc2ccccc2)s1. The lowest BCUT2D eigenvalue weighted by Crippen LogP contribution is -2.29. The van der Waals surface area contributed by atoms with Crippen LogP contribution in [0.15, 0.2) is 52.9 Å². The van der Waals surface area contributed by atoms with E-state index in [-0.39, 0.29) is 11.7 Å². The van der Waals surface area contributed by atoms with Crippen molar-refractivity contribution in [2.45, 2.75) is 11.3 Å². The van der Waals surface area contributed by atoms with Crippen LogP contribution in [0.5, 0.6) is 5.75 Å². The highest BCUT2D eigenvalue weighted by Gasteiger charge is 2.10. The summed E-state index contributed by atoms with van der Waals surface area (Å²) in [6.07, 6.45) is 0. The first-order valence-electron chi connectivity index (χ1n) is 8.55. The molecular weight excluding hydrogens is 416 g/mol. The van der Waals surface area contributed by atoms with Gasteiger partial charge in [0.25, 0.3) is 0 Å². The lowest BCUT2D eigenvalue weighted by atomic mass is 10.2. The standard InChI is InChI=1S/C19H19ClN4O2S2/c1-13-15(20)8-5-9-16(13)22-18-23-24-19(28-18)27-12-17(25)21-10-11-26-14-6-3-2-4-7-14/h2-9H,10-12H2,1H3,(H,21,25)(H,22,23). The number of amides is 1. The number of benzene rings is 2. The van der Waals surface area contributed by atoms with Crippen LogP contribution in [0.25, 0.3) is 0 Å². The molecule has 0 fully saturated rings. The van der Waals surface area contributed by atoms with E-state index in [1.807, 2.05) is 55.5 Å². The van der Waals surface area contributed by atoms with Gasteiger partial charge in [-0.15, -0.1) is 10.2 Å². The second-order valence-electron chi connectivity index (χ2n) is 5.71. The smallest absolute Gasteiger partial charge is 0.230 e. The van der Waals surface area contributed by atoms with Crippen molar-refractivity contribution >= 4 is 51.4 Å². The fraction of sp³-hybridized carbons (Fsp3) is 0.211. The minimum atomic E-state index is -0.0722. The van der Waals surface area contributed by atoms with Crippen molar-refractivity contribution in [2.24, 2.45) is 0 Å². The van der Waals surface area contributed by atoms with E-state index in [9.17, 15) is 4.79 Å². The van der Waals surface area contributed by atoms with Gasteiger partial charge in [-0.25, -0.2) is 0 Å². The van der Waals surface area contributed by atoms with Crippen LogP contribution in [0.1, 0.15) is 5.56 Å². The van der Waals surface area contributed by atoms with E-state index in [1.165, 1.54) is 23.1 Å². The summed E-state index contributed by atoms with van der Waals surface area (Å²) in [5.74, 6) is 0.989. The summed E-state index contributed by atoms with van der Waals surface area (Å²) >= 11 is 8.87. The predicted molar refractivity (Wildman–Crippen MR) is 115 cm³/mol. The van der Waals surface area contributed by atoms with Gasteiger partial charge in [0.2, 0.25) is 11.0 Å². The van der Waals surface area contributed by atoms with Gasteiger partial charge in [0.15, 0.2) is 4.34 Å². The number of nitrogens with zero attached hydrogens (tertiary/aromatic N) is 2. The lowest BCUT2D eigenvalue weighted by molar-refractivity contribution is -0.118. The van der Waals surface area contributed by atoms with Gasteiger partial charge in [-0.2, -0.15) is 0 Å². The van der Waals surface area contributed by atoms with Gasteiger partial charge in [0.05, 0.1) is 12.3 Å². The molecule has 3 aromatic rings. The molecule has 0 spiro atoms. The maximum absolute atomic E-state index is 11.9. The quantitative estimate of drug-likeness (QED) is 0.380. The molecule has 0 saturated heterocycles. The number of rotatable bonds is 9. The van der Waals surface area contributed by atoms with Crippen molar-refractivity contribution in [3.63, 3.8) is 0 Å². The Morgan fingerprint density at radius 2 is 2.00 bits per heavy atom. The third-order valence-electron chi connectivity index (χ3n) is 3.68. The fourth-order valence-corrected chi connectivity index (χ4v) is 4.00. The minimum absolute atomic E-state index is 0.0722. The third-order valence-corrected chi connectivity index (χ3v) is 6.06. The summed E-state index contributed by atoms with van der Waals surface area (Å²) < 4.78 is 6.26. The molecule has 146 valence electrons. The topological polar surface area (TPSA) is 76.1 Å². The van der Waals surface area contributed by atoms with Gasteiger partial charge < -0.3 is 15.4 Å². The zero-order valence-electron chi connectivity index (χ0n) is 15.1. The van der Waals surface area contributed by atoms with Crippen molar-refractivity contribution in [3.05, 3.63) is 59.1 Å². The largest absolute Gasteiger partial charge is 0.492 e. The maximum Gasteiger partial charge on any atom is 0.230 e. The number of carbonyl (C=O) groups excluding carboxylic acids is 1. The summed E-state index contributed by atoms with van der Waals surface area (Å²) in [4.78, 5) is 11.9. The van der Waals surface area contributed by atoms with Gasteiger partial charge in [0.1, 0.15) is 12.4 Å². The van der Waals surface area contributed by atoms with Gasteiger partial charge in [-0.1, -0.05) is 59.0 Å². The van der Waals surface area contributed by atoms with Gasteiger partial charge in [0, 0.05) is 10.7 Å². The summed E-state index contributed by atoms with van der Waals surface area (Å²) in [6, 6.07) is 15.1. The van der Waals surface area contributed by atoms with Crippen molar-refractivity contribution in [1.29, 1.82) is 0 Å². The molecule has 1 amide bonds. The van der Waals surface area contributed by atoms with Crippen LogP contribution in [0.4, 0.5) is 10.8 Å². The van der Waals surface area contributed by atoms with Crippen LogP contribution in [-0.4, -0.2) is 35.0 Å². The number of halogens is 1. The Hall–Kier alpha value is -2.29. The summed E-state index contributed by atoms with van der Waals surface area (Å²) in [6.45, 7) is 2.81. The van der Waals surface area contributed by atoms with Crippen molar-refractivity contribution in [1.82, 2.24) is 15.5 Å². The molecule has 0 bridgehead atoms. The van der Waals surface area contributed by atoms with Gasteiger partial charge in [-0.3, -0.25) is 4.79 Å². The zero-order valence-corrected chi connectivity index (χ0v) is 17.5. The summed E-state index contributed by atoms with van der Waals surface area (Å²) in [5.41, 5.74) is 1.84. The fourth-order valence-electron chi connectivity index (χ4n) is 2.23. The number of thioether (sulfide) groups is 1. The number of nitrogens with one attached hydrogen (secondary N) is 2. The second-order valence-corrected chi connectivity index (χ2v) is 8.32. The van der Waals surface area contributed by atoms with E-state index in [4.69, 9.17) is 16.3 Å². The normalized spacial score (nSPS) is 10.5. The Kier molecular flexibility index (Phi) is 7.53. The van der Waals surface area contributed by atoms with E-state index in [0.717, 1.165) is 21.3 Å². The highest BCUT2D eigenvalue weighted by atomic mass is 35.5. The minimum Gasteiger partial charge on any atom is -0.492 e. The van der Waals surface area contributed by atoms with Crippen LogP contribution in [0.3, 0.4) is 0 Å². The average Bonchev–Trinajstić information content (AvgIpc) is 3.15. The second kappa shape index (κ2) is 10.3. The Bertz CT molecular complexity index is 921. The Morgan fingerprint density at radius 1 is 1.18 bits per heavy atom. The Balaban J connectivity index is 1.39. The Labute approximate surface area is 176 Å². The molecule has 6 nitrogen and oxygen atoms in total. The number of ether oxygens (including phenoxy) is 1. The van der Waals surface area contributed by atoms with E-state index < -0.39 is 0 Å². The zero-order chi connectivity index (χ0) is 19.8. The monoisotopic (exact) mass is 434 g/mol. The molecule has 3 rings (SSSR count). The van der Waals surface area contributed by atoms with Crippen LogP contribution in [0, 0.1) is 6.92 Å². The highest BCUT2D eigenvalue weighted by Crippen LogP contribution is 2.30. The van der Waals surface area contributed by atoms with Crippen LogP contribution < -0.4 is 15.4 Å². The first kappa shape index (κ1) is 20.4. The average molecular weight is 435 g/mol. The van der Waals surface area contributed by atoms with Crippen LogP contribution >= 0.6 is 34.7 Å². The molecule has 0 unspecified atom stereocenters. The molecule has 2 aromatic carbocycles. The van der Waals surface area contributed by atoms with Crippen molar-refractivity contribution in [2.75, 3.05) is 24.2 Å². The summed E-state index contributed by atoms with van der Waals surface area (Å²) in [7, 11) is 0. The number of hydrogen-bond donors (Lipinski definition) is 2. The van der Waals surface area contributed by atoms with Crippen LogP contribution in [-0.2, 0) is 4.79 Å². The number of aromatic nitrogens is 2. The molecule has 0 aliphatic rings. The molecular formula is C19H19ClN4O2S2. The summed E-state index contributed by atoms with van der Waals surface area (Å²) in [5, 5.41) is 15.6. The number of carbonyl (C=O) groups is 1. The van der Waals surface area contributed by atoms with Crippen LogP contribution in [0.2, 0.25) is 5.02 Å². The third kappa shape index (κ3) is 6.12.